The predicted octanol–water partition coefficient (Wildman–Crippen LogP) is 20.9. The molecule has 0 unspecified atom stereocenters. The topological polar surface area (TPSA) is 186 Å². The number of hydrogen-bond donors (Lipinski definition) is 5. The molecule has 0 atom stereocenters. The van der Waals surface area contributed by atoms with Crippen molar-refractivity contribution in [1.29, 1.82) is 0 Å². The first kappa shape index (κ1) is 66.4. The maximum Gasteiger partial charge on any atom is 0.164 e. The van der Waals surface area contributed by atoms with Gasteiger partial charge in [0, 0.05) is 36.4 Å². The monoisotopic (exact) mass is 1340 g/mol. The lowest BCUT2D eigenvalue weighted by Gasteiger charge is -2.19. The fourth-order valence-corrected chi connectivity index (χ4v) is 13.4. The van der Waals surface area contributed by atoms with Crippen molar-refractivity contribution in [2.24, 2.45) is 0 Å². The SMILES string of the molecule is CC(=O)c1csc(-c2ccc(Br)cc2)c1O.CC(=O)c1csc(-c2ccc(C(C)(C)C)cc2)c1O.CC(=O)c1csc(-c2ccc(C)cc2)c1O.CC(=O)c1csc(-c2ccc(Cl)c(Cl)c2)c1O.CC(=O)c1csc(-c2ccc(Cl)cc2)c1O. The quantitative estimate of drug-likeness (QED) is 0.0825. The second-order valence-electron chi connectivity index (χ2n) is 19.8. The summed E-state index contributed by atoms with van der Waals surface area (Å²) in [5.74, 6) is -0.280. The molecule has 19 heteroatoms. The van der Waals surface area contributed by atoms with E-state index in [0.29, 0.717) is 52.6 Å². The second kappa shape index (κ2) is 29.4. The first-order valence-corrected chi connectivity index (χ1v) is 31.6. The third-order valence-corrected chi connectivity index (χ3v) is 19.1. The molecule has 0 aliphatic carbocycles. The van der Waals surface area contributed by atoms with Crippen molar-refractivity contribution in [1.82, 2.24) is 0 Å². The molecule has 84 heavy (non-hydrogen) atoms. The van der Waals surface area contributed by atoms with Crippen molar-refractivity contribution in [3.63, 3.8) is 0 Å². The normalized spacial score (nSPS) is 10.7. The summed E-state index contributed by atoms with van der Waals surface area (Å²) < 4.78 is 0.985. The van der Waals surface area contributed by atoms with Crippen molar-refractivity contribution >= 4 is 136 Å². The fourth-order valence-electron chi connectivity index (χ4n) is 7.70. The van der Waals surface area contributed by atoms with Gasteiger partial charge in [-0.15, -0.1) is 56.7 Å². The lowest BCUT2D eigenvalue weighted by Crippen LogP contribution is -2.10. The molecule has 10 nitrogen and oxygen atoms in total. The molecule has 10 aromatic rings. The Morgan fingerprint density at radius 1 is 0.381 bits per heavy atom. The number of thiophene rings is 5. The minimum atomic E-state index is -0.162. The van der Waals surface area contributed by atoms with Gasteiger partial charge in [-0.05, 0) is 117 Å². The Bertz CT molecular complexity index is 3740. The smallest absolute Gasteiger partial charge is 0.164 e. The Labute approximate surface area is 530 Å². The number of rotatable bonds is 10. The Hall–Kier alpha value is -6.70. The van der Waals surface area contributed by atoms with Gasteiger partial charge >= 0.3 is 0 Å². The van der Waals surface area contributed by atoms with Gasteiger partial charge in [0.1, 0.15) is 28.7 Å². The molecule has 0 fully saturated rings. The highest BCUT2D eigenvalue weighted by atomic mass is 79.9. The Morgan fingerprint density at radius 3 is 0.917 bits per heavy atom. The number of aryl methyl sites for hydroxylation is 1. The summed E-state index contributed by atoms with van der Waals surface area (Å²) in [6, 6.07) is 35.8. The molecule has 0 amide bonds. The maximum absolute atomic E-state index is 11.3. The highest BCUT2D eigenvalue weighted by Gasteiger charge is 2.21. The molecule has 0 aliphatic heterocycles. The summed E-state index contributed by atoms with van der Waals surface area (Å²) in [5.41, 5.74) is 8.84. The predicted molar refractivity (Wildman–Crippen MR) is 353 cm³/mol. The molecule has 5 heterocycles. The highest BCUT2D eigenvalue weighted by Crippen LogP contribution is 2.44. The number of carbonyl (C=O) groups excluding carboxylic acids is 5. The van der Waals surface area contributed by atoms with Crippen molar-refractivity contribution < 1.29 is 49.5 Å². The van der Waals surface area contributed by atoms with Gasteiger partial charge in [-0.3, -0.25) is 24.0 Å². The van der Waals surface area contributed by atoms with E-state index < -0.39 is 0 Å². The van der Waals surface area contributed by atoms with Crippen LogP contribution in [0, 0.1) is 6.92 Å². The van der Waals surface area contributed by atoms with Crippen LogP contribution in [0.4, 0.5) is 0 Å². The van der Waals surface area contributed by atoms with Gasteiger partial charge in [-0.2, -0.15) is 0 Å². The Morgan fingerprint density at radius 2 is 0.643 bits per heavy atom. The molecule has 5 aromatic heterocycles. The van der Waals surface area contributed by atoms with Crippen LogP contribution in [-0.4, -0.2) is 54.4 Å². The van der Waals surface area contributed by atoms with Crippen LogP contribution >= 0.6 is 107 Å². The van der Waals surface area contributed by atoms with Crippen LogP contribution in [0.1, 0.15) is 118 Å². The van der Waals surface area contributed by atoms with Crippen LogP contribution in [-0.2, 0) is 5.41 Å². The van der Waals surface area contributed by atoms with E-state index >= 15 is 0 Å². The van der Waals surface area contributed by atoms with Gasteiger partial charge in [0.25, 0.3) is 0 Å². The van der Waals surface area contributed by atoms with Crippen LogP contribution in [0.5, 0.6) is 28.7 Å². The summed E-state index contributed by atoms with van der Waals surface area (Å²) in [4.78, 5) is 59.7. The standard InChI is InChI=1S/C16H18O2S.C13H12O2S.C12H9BrO2S.C12H8Cl2O2S.C12H9ClO2S/c1-10(17)13-9-19-15(14(13)18)11-5-7-12(8-6-11)16(2,3)4;1-8-3-5-10(6-4-8)13-12(15)11(7-16-13)9(2)14;1-7(14)10-6-16-12(11(10)15)8-2-4-9(13)5-3-8;1-6(15)8-5-17-12(11(8)16)7-2-3-9(13)10(14)4-7;1-7(14)10-6-16-12(11(10)15)8-2-4-9(13)5-3-8/h5-9,18H,1-4H3;3-7,15H,1-2H3;2-6,15H,1H3;2-5,16H,1H3;2-6,15H,1H3. The number of carbonyl (C=O) groups is 5. The van der Waals surface area contributed by atoms with E-state index in [9.17, 15) is 49.5 Å². The molecule has 0 radical (unpaired) electrons. The van der Waals surface area contributed by atoms with E-state index in [4.69, 9.17) is 34.8 Å². The van der Waals surface area contributed by atoms with Crippen molar-refractivity contribution in [3.8, 4) is 81.0 Å². The molecular formula is C65H56BrCl3O10S5. The zero-order valence-electron chi connectivity index (χ0n) is 46.7. The van der Waals surface area contributed by atoms with Crippen LogP contribution in [0.2, 0.25) is 15.1 Å². The molecule has 0 saturated heterocycles. The van der Waals surface area contributed by atoms with Crippen molar-refractivity contribution in [2.75, 3.05) is 0 Å². The number of hydrogen-bond acceptors (Lipinski definition) is 15. The van der Waals surface area contributed by atoms with Crippen LogP contribution < -0.4 is 0 Å². The van der Waals surface area contributed by atoms with Crippen LogP contribution in [0.15, 0.2) is 147 Å². The first-order chi connectivity index (χ1) is 39.6. The number of benzene rings is 5. The van der Waals surface area contributed by atoms with Gasteiger partial charge in [0.15, 0.2) is 28.9 Å². The summed E-state index contributed by atoms with van der Waals surface area (Å²) in [6.07, 6.45) is 0. The fraction of sp³-hybridized carbons (Fsp3) is 0.154. The van der Waals surface area contributed by atoms with Gasteiger partial charge in [0.2, 0.25) is 0 Å². The number of ketones is 5. The Kier molecular flexibility index (Phi) is 23.3. The van der Waals surface area contributed by atoms with E-state index in [1.165, 1.54) is 102 Å². The minimum absolute atomic E-state index is 0.000823. The first-order valence-electron chi connectivity index (χ1n) is 25.3. The zero-order valence-corrected chi connectivity index (χ0v) is 54.6. The summed E-state index contributed by atoms with van der Waals surface area (Å²) in [7, 11) is 0. The summed E-state index contributed by atoms with van der Waals surface area (Å²) in [5, 5.41) is 59.6. The number of halogens is 4. The third-order valence-electron chi connectivity index (χ3n) is 12.4. The van der Waals surface area contributed by atoms with Crippen LogP contribution in [0.25, 0.3) is 52.2 Å². The molecule has 0 bridgehead atoms. The Balaban J connectivity index is 0.000000169. The van der Waals surface area contributed by atoms with Gasteiger partial charge < -0.3 is 25.5 Å². The average Bonchev–Trinajstić information content (AvgIpc) is 4.00. The van der Waals surface area contributed by atoms with Crippen LogP contribution in [0.3, 0.4) is 0 Å². The van der Waals surface area contributed by atoms with E-state index in [2.05, 4.69) is 48.8 Å². The lowest BCUT2D eigenvalue weighted by molar-refractivity contribution is 0.100. The maximum atomic E-state index is 11.3. The van der Waals surface area contributed by atoms with E-state index in [0.717, 1.165) is 46.9 Å². The third kappa shape index (κ3) is 16.8. The van der Waals surface area contributed by atoms with E-state index in [-0.39, 0.29) is 63.1 Å². The van der Waals surface area contributed by atoms with Gasteiger partial charge in [-0.25, -0.2) is 0 Å². The second-order valence-corrected chi connectivity index (χ2v) is 26.3. The molecule has 0 saturated carbocycles. The molecule has 434 valence electrons. The minimum Gasteiger partial charge on any atom is -0.506 e. The van der Waals surface area contributed by atoms with Gasteiger partial charge in [0.05, 0.1) is 62.2 Å². The largest absolute Gasteiger partial charge is 0.506 e. The zero-order chi connectivity index (χ0) is 61.9. The van der Waals surface area contributed by atoms with E-state index in [1.54, 1.807) is 57.2 Å². The molecule has 10 rings (SSSR count). The molecule has 0 spiro atoms. The average molecular weight is 1340 g/mol. The number of aromatic hydroxyl groups is 5. The highest BCUT2D eigenvalue weighted by molar-refractivity contribution is 9.10. The molecule has 0 aliphatic rings. The van der Waals surface area contributed by atoms with Crippen molar-refractivity contribution in [2.45, 2.75) is 67.7 Å². The molecule has 5 aromatic carbocycles. The number of Topliss-reactive ketones (excluding diaryl/α,β-unsaturated/α-hetero) is 5. The van der Waals surface area contributed by atoms with Crippen molar-refractivity contribution in [3.05, 3.63) is 201 Å². The van der Waals surface area contributed by atoms with Gasteiger partial charge in [-0.1, -0.05) is 156 Å². The van der Waals surface area contributed by atoms with E-state index in [1.807, 2.05) is 79.7 Å². The summed E-state index contributed by atoms with van der Waals surface area (Å²) in [6.45, 7) is 15.7. The molecular weight excluding hydrogens is 1290 g/mol. The lowest BCUT2D eigenvalue weighted by atomic mass is 9.86. The summed E-state index contributed by atoms with van der Waals surface area (Å²) >= 11 is 27.7. The molecule has 5 N–H and O–H groups in total.